The molecule has 0 aliphatic carbocycles. The summed E-state index contributed by atoms with van der Waals surface area (Å²) in [6.07, 6.45) is -1.42. The van der Waals surface area contributed by atoms with Crippen molar-refractivity contribution in [3.8, 4) is 5.75 Å². The minimum atomic E-state index is -4.48. The van der Waals surface area contributed by atoms with Gasteiger partial charge in [-0.1, -0.05) is 13.3 Å². The normalized spacial score (nSPS) is 11.1. The molecule has 1 heterocycles. The van der Waals surface area contributed by atoms with Crippen LogP contribution in [0, 0.1) is 10.1 Å². The second kappa shape index (κ2) is 9.94. The largest absolute Gasteiger partial charge is 0.494 e. The highest BCUT2D eigenvalue weighted by molar-refractivity contribution is 5.76. The van der Waals surface area contributed by atoms with E-state index in [9.17, 15) is 23.3 Å². The van der Waals surface area contributed by atoms with E-state index in [0.717, 1.165) is 31.3 Å². The smallest absolute Gasteiger partial charge is 0.416 e. The number of nitrogens with zero attached hydrogens (tertiary/aromatic N) is 3. The van der Waals surface area contributed by atoms with Crippen LogP contribution in [0.3, 0.4) is 0 Å². The lowest BCUT2D eigenvalue weighted by Crippen LogP contribution is -2.06. The Morgan fingerprint density at radius 2 is 1.50 bits per heavy atom. The van der Waals surface area contributed by atoms with Gasteiger partial charge in [-0.05, 0) is 55.0 Å². The summed E-state index contributed by atoms with van der Waals surface area (Å²) >= 11 is 0. The summed E-state index contributed by atoms with van der Waals surface area (Å²) in [5.41, 5.74) is -0.533. The number of unbranched alkanes of at least 4 members (excludes halogenated alkanes) is 1. The Bertz CT molecular complexity index is 1060. The number of hydrogen-bond acceptors (Lipinski definition) is 7. The van der Waals surface area contributed by atoms with Gasteiger partial charge in [-0.15, -0.1) is 0 Å². The maximum absolute atomic E-state index is 12.7. The van der Waals surface area contributed by atoms with E-state index < -0.39 is 22.4 Å². The molecule has 8 nitrogen and oxygen atoms in total. The molecule has 0 spiro atoms. The van der Waals surface area contributed by atoms with Crippen LogP contribution in [0.15, 0.2) is 54.9 Å². The van der Waals surface area contributed by atoms with Gasteiger partial charge in [0, 0.05) is 11.4 Å². The first-order chi connectivity index (χ1) is 15.3. The highest BCUT2D eigenvalue weighted by atomic mass is 19.4. The van der Waals surface area contributed by atoms with Crippen molar-refractivity contribution in [2.24, 2.45) is 0 Å². The van der Waals surface area contributed by atoms with Crippen molar-refractivity contribution in [3.05, 3.63) is 70.5 Å². The number of ether oxygens (including phenoxy) is 1. The van der Waals surface area contributed by atoms with Crippen molar-refractivity contribution in [1.29, 1.82) is 0 Å². The van der Waals surface area contributed by atoms with Crippen LogP contribution in [-0.4, -0.2) is 21.5 Å². The van der Waals surface area contributed by atoms with E-state index in [2.05, 4.69) is 27.5 Å². The zero-order valence-corrected chi connectivity index (χ0v) is 17.0. The Labute approximate surface area is 181 Å². The summed E-state index contributed by atoms with van der Waals surface area (Å²) in [6, 6.07) is 10.9. The average molecular weight is 447 g/mol. The third-order valence-corrected chi connectivity index (χ3v) is 4.36. The highest BCUT2D eigenvalue weighted by Crippen LogP contribution is 2.34. The van der Waals surface area contributed by atoms with E-state index in [1.54, 1.807) is 24.3 Å². The van der Waals surface area contributed by atoms with Crippen LogP contribution < -0.4 is 15.4 Å². The van der Waals surface area contributed by atoms with Crippen LogP contribution >= 0.6 is 0 Å². The molecule has 0 radical (unpaired) electrons. The standard InChI is InChI=1S/C21H20F3N5O3/c1-2-3-12-32-17-10-8-16(9-11-17)28-20-18(29(30)31)19(25-13-26-20)27-15-6-4-14(5-7-15)21(22,23)24/h4-11,13H,2-3,12H2,1H3,(H2,25,26,27,28). The van der Waals surface area contributed by atoms with Crippen molar-refractivity contribution >= 4 is 28.7 Å². The molecule has 0 saturated heterocycles. The van der Waals surface area contributed by atoms with E-state index in [1.807, 2.05) is 0 Å². The van der Waals surface area contributed by atoms with Crippen LogP contribution in [0.1, 0.15) is 25.3 Å². The van der Waals surface area contributed by atoms with E-state index >= 15 is 0 Å². The summed E-state index contributed by atoms with van der Waals surface area (Å²) in [4.78, 5) is 18.8. The van der Waals surface area contributed by atoms with Crippen molar-refractivity contribution in [3.63, 3.8) is 0 Å². The summed E-state index contributed by atoms with van der Waals surface area (Å²) in [5, 5.41) is 17.2. The van der Waals surface area contributed by atoms with Crippen molar-refractivity contribution in [2.75, 3.05) is 17.2 Å². The minimum Gasteiger partial charge on any atom is -0.494 e. The third kappa shape index (κ3) is 5.84. The Hall–Kier alpha value is -3.89. The number of nitrogens with one attached hydrogen (secondary N) is 2. The molecular weight excluding hydrogens is 427 g/mol. The quantitative estimate of drug-likeness (QED) is 0.233. The van der Waals surface area contributed by atoms with Crippen molar-refractivity contribution < 1.29 is 22.8 Å². The molecule has 0 fully saturated rings. The van der Waals surface area contributed by atoms with E-state index in [-0.39, 0.29) is 17.3 Å². The van der Waals surface area contributed by atoms with Gasteiger partial charge in [-0.25, -0.2) is 9.97 Å². The molecule has 1 aromatic heterocycles. The number of benzene rings is 2. The van der Waals surface area contributed by atoms with Gasteiger partial charge in [0.05, 0.1) is 17.1 Å². The molecule has 0 saturated carbocycles. The first kappa shape index (κ1) is 22.8. The second-order valence-electron chi connectivity index (χ2n) is 6.73. The van der Waals surface area contributed by atoms with Crippen LogP contribution in [0.25, 0.3) is 0 Å². The molecule has 0 atom stereocenters. The van der Waals surface area contributed by atoms with Gasteiger partial charge in [0.1, 0.15) is 12.1 Å². The predicted octanol–water partition coefficient (Wildman–Crippen LogP) is 6.07. The fourth-order valence-electron chi connectivity index (χ4n) is 2.72. The number of aromatic nitrogens is 2. The number of hydrogen-bond donors (Lipinski definition) is 2. The first-order valence-corrected chi connectivity index (χ1v) is 9.71. The van der Waals surface area contributed by atoms with Crippen LogP contribution in [-0.2, 0) is 6.18 Å². The molecule has 32 heavy (non-hydrogen) atoms. The van der Waals surface area contributed by atoms with Gasteiger partial charge in [0.15, 0.2) is 0 Å². The molecule has 2 N–H and O–H groups in total. The topological polar surface area (TPSA) is 102 Å². The molecule has 0 bridgehead atoms. The second-order valence-corrected chi connectivity index (χ2v) is 6.73. The van der Waals surface area contributed by atoms with Gasteiger partial charge in [-0.2, -0.15) is 13.2 Å². The summed E-state index contributed by atoms with van der Waals surface area (Å²) in [7, 11) is 0. The van der Waals surface area contributed by atoms with Crippen LogP contribution in [0.4, 0.5) is 41.9 Å². The highest BCUT2D eigenvalue weighted by Gasteiger charge is 2.30. The molecule has 168 valence electrons. The Balaban J connectivity index is 1.80. The predicted molar refractivity (Wildman–Crippen MR) is 114 cm³/mol. The van der Waals surface area contributed by atoms with Gasteiger partial charge in [0.25, 0.3) is 0 Å². The van der Waals surface area contributed by atoms with Crippen molar-refractivity contribution in [1.82, 2.24) is 9.97 Å². The van der Waals surface area contributed by atoms with Crippen LogP contribution in [0.5, 0.6) is 5.75 Å². The summed E-state index contributed by atoms with van der Waals surface area (Å²) in [5.74, 6) is 0.441. The zero-order valence-electron chi connectivity index (χ0n) is 17.0. The maximum Gasteiger partial charge on any atom is 0.416 e. The minimum absolute atomic E-state index is 0.0703. The molecular formula is C21H20F3N5O3. The fraction of sp³-hybridized carbons (Fsp3) is 0.238. The molecule has 3 rings (SSSR count). The lowest BCUT2D eigenvalue weighted by atomic mass is 10.2. The number of nitro groups is 1. The Morgan fingerprint density at radius 3 is 1.97 bits per heavy atom. The molecule has 0 amide bonds. The van der Waals surface area contributed by atoms with Crippen molar-refractivity contribution in [2.45, 2.75) is 25.9 Å². The van der Waals surface area contributed by atoms with Gasteiger partial charge in [-0.3, -0.25) is 10.1 Å². The Kier molecular flexibility index (Phi) is 7.08. The summed E-state index contributed by atoms with van der Waals surface area (Å²) < 4.78 is 43.8. The van der Waals surface area contributed by atoms with E-state index in [4.69, 9.17) is 4.74 Å². The number of alkyl halides is 3. The van der Waals surface area contributed by atoms with Gasteiger partial charge in [0.2, 0.25) is 11.6 Å². The zero-order chi connectivity index (χ0) is 23.1. The van der Waals surface area contributed by atoms with Crippen LogP contribution in [0.2, 0.25) is 0 Å². The third-order valence-electron chi connectivity index (χ3n) is 4.36. The molecule has 0 unspecified atom stereocenters. The summed E-state index contributed by atoms with van der Waals surface area (Å²) in [6.45, 7) is 2.66. The lowest BCUT2D eigenvalue weighted by molar-refractivity contribution is -0.383. The van der Waals surface area contributed by atoms with Gasteiger partial charge < -0.3 is 15.4 Å². The molecule has 3 aromatic rings. The SMILES string of the molecule is CCCCOc1ccc(Nc2ncnc(Nc3ccc(C(F)(F)F)cc3)c2[N+](=O)[O-])cc1. The van der Waals surface area contributed by atoms with E-state index in [1.165, 1.54) is 12.1 Å². The van der Waals surface area contributed by atoms with Gasteiger partial charge >= 0.3 is 11.9 Å². The maximum atomic E-state index is 12.7. The number of rotatable bonds is 9. The number of anilines is 4. The average Bonchev–Trinajstić information content (AvgIpc) is 2.75. The molecule has 0 aliphatic rings. The Morgan fingerprint density at radius 1 is 0.969 bits per heavy atom. The lowest BCUT2D eigenvalue weighted by Gasteiger charge is -2.12. The number of halogens is 3. The first-order valence-electron chi connectivity index (χ1n) is 9.71. The molecule has 11 heteroatoms. The molecule has 2 aromatic carbocycles. The van der Waals surface area contributed by atoms with E-state index in [0.29, 0.717) is 18.0 Å². The monoisotopic (exact) mass is 447 g/mol. The fourth-order valence-corrected chi connectivity index (χ4v) is 2.72. The molecule has 0 aliphatic heterocycles.